The molecule has 1 N–H and O–H groups in total. The highest BCUT2D eigenvalue weighted by Crippen LogP contribution is 2.15. The van der Waals surface area contributed by atoms with Crippen LogP contribution in [-0.2, 0) is 0 Å². The molecule has 0 aromatic carbocycles. The van der Waals surface area contributed by atoms with Crippen molar-refractivity contribution in [2.45, 2.75) is 66.1 Å². The first-order chi connectivity index (χ1) is 8.95. The van der Waals surface area contributed by atoms with Gasteiger partial charge in [0.1, 0.15) is 0 Å². The Kier molecular flexibility index (Phi) is 7.33. The molecule has 0 aliphatic carbocycles. The van der Waals surface area contributed by atoms with Gasteiger partial charge in [0, 0.05) is 44.3 Å². The number of nitrogens with zero attached hydrogens (tertiary/aromatic N) is 2. The molecule has 3 unspecified atom stereocenters. The summed E-state index contributed by atoms with van der Waals surface area (Å²) in [7, 11) is 0. The molecule has 0 saturated carbocycles. The maximum atomic E-state index is 3.56. The molecule has 1 aliphatic rings. The molecule has 19 heavy (non-hydrogen) atoms. The molecule has 1 saturated heterocycles. The van der Waals surface area contributed by atoms with Crippen LogP contribution in [0.5, 0.6) is 0 Å². The van der Waals surface area contributed by atoms with Crippen LogP contribution in [-0.4, -0.2) is 60.6 Å². The summed E-state index contributed by atoms with van der Waals surface area (Å²) in [6.45, 7) is 19.9. The molecule has 114 valence electrons. The minimum Gasteiger partial charge on any atom is -0.314 e. The predicted molar refractivity (Wildman–Crippen MR) is 84.7 cm³/mol. The van der Waals surface area contributed by atoms with Crippen LogP contribution in [0.2, 0.25) is 0 Å². The smallest absolute Gasteiger partial charge is 0.0113 e. The minimum absolute atomic E-state index is 0.594. The van der Waals surface area contributed by atoms with Gasteiger partial charge in [-0.3, -0.25) is 9.80 Å². The summed E-state index contributed by atoms with van der Waals surface area (Å²) in [5.74, 6) is 0.720. The summed E-state index contributed by atoms with van der Waals surface area (Å²) in [6, 6.07) is 2.03. The first kappa shape index (κ1) is 16.9. The molecule has 1 aliphatic heterocycles. The lowest BCUT2D eigenvalue weighted by Gasteiger charge is -2.42. The van der Waals surface area contributed by atoms with E-state index >= 15 is 0 Å². The summed E-state index contributed by atoms with van der Waals surface area (Å²) in [4.78, 5) is 5.31. The van der Waals surface area contributed by atoms with Crippen molar-refractivity contribution in [2.24, 2.45) is 5.92 Å². The minimum atomic E-state index is 0.594. The van der Waals surface area contributed by atoms with E-state index in [1.54, 1.807) is 0 Å². The lowest BCUT2D eigenvalue weighted by Crippen LogP contribution is -2.54. The fraction of sp³-hybridized carbons (Fsp3) is 1.00. The van der Waals surface area contributed by atoms with E-state index in [0.29, 0.717) is 12.1 Å². The molecule has 3 atom stereocenters. The zero-order valence-electron chi connectivity index (χ0n) is 13.9. The lowest BCUT2D eigenvalue weighted by molar-refractivity contribution is 0.0604. The Morgan fingerprint density at radius 3 is 1.89 bits per heavy atom. The molecule has 0 spiro atoms. The monoisotopic (exact) mass is 269 g/mol. The molecular formula is C16H35N3. The summed E-state index contributed by atoms with van der Waals surface area (Å²) >= 11 is 0. The Morgan fingerprint density at radius 2 is 1.42 bits per heavy atom. The van der Waals surface area contributed by atoms with E-state index < -0.39 is 0 Å². The molecule has 0 bridgehead atoms. The second-order valence-corrected chi connectivity index (χ2v) is 6.61. The van der Waals surface area contributed by atoms with Gasteiger partial charge in [0.15, 0.2) is 0 Å². The van der Waals surface area contributed by atoms with Gasteiger partial charge in [-0.1, -0.05) is 27.7 Å². The van der Waals surface area contributed by atoms with Crippen LogP contribution in [0, 0.1) is 5.92 Å². The second kappa shape index (κ2) is 8.23. The molecule has 3 nitrogen and oxygen atoms in total. The van der Waals surface area contributed by atoms with Crippen LogP contribution in [0.4, 0.5) is 0 Å². The van der Waals surface area contributed by atoms with Gasteiger partial charge in [0.2, 0.25) is 0 Å². The quantitative estimate of drug-likeness (QED) is 0.766. The first-order valence-corrected chi connectivity index (χ1v) is 8.17. The van der Waals surface area contributed by atoms with Gasteiger partial charge in [-0.2, -0.15) is 0 Å². The summed E-state index contributed by atoms with van der Waals surface area (Å²) in [6.07, 6.45) is 1.27. The number of rotatable bonds is 7. The maximum Gasteiger partial charge on any atom is 0.0113 e. The second-order valence-electron chi connectivity index (χ2n) is 6.61. The Hall–Kier alpha value is -0.120. The Balaban J connectivity index is 2.33. The number of hydrogen-bond acceptors (Lipinski definition) is 3. The van der Waals surface area contributed by atoms with E-state index in [9.17, 15) is 0 Å². The molecule has 0 radical (unpaired) electrons. The summed E-state index contributed by atoms with van der Waals surface area (Å²) in [5, 5.41) is 3.56. The number of hydrogen-bond donors (Lipinski definition) is 1. The van der Waals surface area contributed by atoms with Crippen molar-refractivity contribution in [3.05, 3.63) is 0 Å². The summed E-state index contributed by atoms with van der Waals surface area (Å²) in [5.41, 5.74) is 0. The fourth-order valence-electron chi connectivity index (χ4n) is 2.80. The van der Waals surface area contributed by atoms with Crippen molar-refractivity contribution in [2.75, 3.05) is 32.7 Å². The Bertz CT molecular complexity index is 234. The van der Waals surface area contributed by atoms with Crippen molar-refractivity contribution in [3.63, 3.8) is 0 Å². The predicted octanol–water partition coefficient (Wildman–Crippen LogP) is 2.43. The highest BCUT2D eigenvalue weighted by Gasteiger charge is 2.25. The van der Waals surface area contributed by atoms with E-state index in [1.807, 2.05) is 0 Å². The van der Waals surface area contributed by atoms with Crippen molar-refractivity contribution in [1.82, 2.24) is 15.1 Å². The Morgan fingerprint density at radius 1 is 0.895 bits per heavy atom. The van der Waals surface area contributed by atoms with Gasteiger partial charge < -0.3 is 5.32 Å². The van der Waals surface area contributed by atoms with Crippen molar-refractivity contribution < 1.29 is 0 Å². The zero-order chi connectivity index (χ0) is 14.4. The Labute approximate surface area is 120 Å². The van der Waals surface area contributed by atoms with E-state index in [4.69, 9.17) is 0 Å². The van der Waals surface area contributed by atoms with E-state index in [0.717, 1.165) is 18.5 Å². The van der Waals surface area contributed by atoms with Gasteiger partial charge in [0.25, 0.3) is 0 Å². The van der Waals surface area contributed by atoms with Crippen LogP contribution < -0.4 is 5.32 Å². The third kappa shape index (κ3) is 5.41. The van der Waals surface area contributed by atoms with Gasteiger partial charge in [-0.15, -0.1) is 0 Å². The van der Waals surface area contributed by atoms with Crippen molar-refractivity contribution >= 4 is 0 Å². The average molecular weight is 269 g/mol. The molecule has 3 heteroatoms. The summed E-state index contributed by atoms with van der Waals surface area (Å²) < 4.78 is 0. The van der Waals surface area contributed by atoms with E-state index in [1.165, 1.54) is 32.6 Å². The molecule has 1 heterocycles. The number of piperazine rings is 1. The molecular weight excluding hydrogens is 234 g/mol. The average Bonchev–Trinajstić information content (AvgIpc) is 2.43. The lowest BCUT2D eigenvalue weighted by atomic mass is 10.0. The number of nitrogens with one attached hydrogen (secondary N) is 1. The van der Waals surface area contributed by atoms with Crippen molar-refractivity contribution in [3.8, 4) is 0 Å². The normalized spacial score (nSPS) is 23.5. The van der Waals surface area contributed by atoms with Gasteiger partial charge >= 0.3 is 0 Å². The zero-order valence-corrected chi connectivity index (χ0v) is 13.9. The van der Waals surface area contributed by atoms with Crippen LogP contribution in [0.1, 0.15) is 48.0 Å². The largest absolute Gasteiger partial charge is 0.314 e. The molecule has 0 aromatic rings. The third-order valence-electron chi connectivity index (χ3n) is 4.81. The van der Waals surface area contributed by atoms with E-state index in [-0.39, 0.29) is 0 Å². The fourth-order valence-corrected chi connectivity index (χ4v) is 2.80. The van der Waals surface area contributed by atoms with Gasteiger partial charge in [0.05, 0.1) is 0 Å². The highest BCUT2D eigenvalue weighted by molar-refractivity contribution is 4.81. The standard InChI is InChI=1S/C16H35N3/c1-7-15(5)18-8-10-19(11-9-18)16(6)14(4)12-17-13(2)3/h13-17H,7-12H2,1-6H3. The topological polar surface area (TPSA) is 18.5 Å². The maximum absolute atomic E-state index is 3.56. The SMILES string of the molecule is CCC(C)N1CCN(C(C)C(C)CNC(C)C)CC1. The van der Waals surface area contributed by atoms with Crippen LogP contribution >= 0.6 is 0 Å². The molecule has 0 aromatic heterocycles. The van der Waals surface area contributed by atoms with Gasteiger partial charge in [-0.05, 0) is 32.7 Å². The van der Waals surface area contributed by atoms with Crippen LogP contribution in [0.15, 0.2) is 0 Å². The highest BCUT2D eigenvalue weighted by atomic mass is 15.3. The van der Waals surface area contributed by atoms with Crippen molar-refractivity contribution in [1.29, 1.82) is 0 Å². The molecule has 1 rings (SSSR count). The van der Waals surface area contributed by atoms with Crippen LogP contribution in [0.3, 0.4) is 0 Å². The molecule has 1 fully saturated rings. The third-order valence-corrected chi connectivity index (χ3v) is 4.81. The first-order valence-electron chi connectivity index (χ1n) is 8.17. The van der Waals surface area contributed by atoms with E-state index in [2.05, 4.69) is 56.7 Å². The van der Waals surface area contributed by atoms with Crippen LogP contribution in [0.25, 0.3) is 0 Å². The van der Waals surface area contributed by atoms with Gasteiger partial charge in [-0.25, -0.2) is 0 Å². The molecule has 0 amide bonds.